The molecular formula is C20H37N5O6. The first-order valence-electron chi connectivity index (χ1n) is 10.5. The molecule has 0 heterocycles. The predicted molar refractivity (Wildman–Crippen MR) is 114 cm³/mol. The molecule has 0 rings (SSSR count). The van der Waals surface area contributed by atoms with Crippen LogP contribution in [0.5, 0.6) is 0 Å². The summed E-state index contributed by atoms with van der Waals surface area (Å²) in [6.45, 7) is 8.90. The van der Waals surface area contributed by atoms with Crippen LogP contribution in [0, 0.1) is 11.8 Å². The van der Waals surface area contributed by atoms with Crippen molar-refractivity contribution in [3.8, 4) is 0 Å². The first-order chi connectivity index (χ1) is 14.3. The number of nitrogens with one attached hydrogen (secondary N) is 3. The third-order valence-corrected chi connectivity index (χ3v) is 4.95. The third-order valence-electron chi connectivity index (χ3n) is 4.95. The predicted octanol–water partition coefficient (Wildman–Crippen LogP) is -0.770. The lowest BCUT2D eigenvalue weighted by molar-refractivity contribution is -0.142. The van der Waals surface area contributed by atoms with Crippen LogP contribution in [0.3, 0.4) is 0 Å². The summed E-state index contributed by atoms with van der Waals surface area (Å²) in [5.74, 6) is -3.78. The summed E-state index contributed by atoms with van der Waals surface area (Å²) in [5, 5.41) is 16.6. The highest BCUT2D eigenvalue weighted by molar-refractivity contribution is 5.94. The average molecular weight is 444 g/mol. The number of hydrogen-bond donors (Lipinski definition) is 6. The maximum atomic E-state index is 12.7. The van der Waals surface area contributed by atoms with Crippen molar-refractivity contribution in [2.45, 2.75) is 84.5 Å². The lowest BCUT2D eigenvalue weighted by Gasteiger charge is -2.25. The monoisotopic (exact) mass is 443 g/mol. The Morgan fingerprint density at radius 3 is 1.87 bits per heavy atom. The molecule has 8 N–H and O–H groups in total. The van der Waals surface area contributed by atoms with Gasteiger partial charge in [0, 0.05) is 6.42 Å². The summed E-state index contributed by atoms with van der Waals surface area (Å²) in [7, 11) is 0. The number of aliphatic carboxylic acids is 1. The van der Waals surface area contributed by atoms with Crippen LogP contribution in [-0.2, 0) is 24.0 Å². The van der Waals surface area contributed by atoms with Gasteiger partial charge in [0.2, 0.25) is 23.6 Å². The number of primary amides is 1. The molecule has 0 bridgehead atoms. The summed E-state index contributed by atoms with van der Waals surface area (Å²) in [6, 6.07) is -4.06. The Bertz CT molecular complexity index is 654. The highest BCUT2D eigenvalue weighted by Crippen LogP contribution is 2.09. The topological polar surface area (TPSA) is 194 Å². The van der Waals surface area contributed by atoms with E-state index < -0.39 is 53.8 Å². The minimum atomic E-state index is -1.32. The molecule has 5 unspecified atom stereocenters. The SMILES string of the molecule is CCC(C)C(N)C(=O)NC(CC(C)C)C(=O)NC(C)C(=O)NC(CCC(N)=O)C(=O)O. The number of carboxylic acids is 1. The second-order valence-corrected chi connectivity index (χ2v) is 8.24. The third kappa shape index (κ3) is 10.8. The van der Waals surface area contributed by atoms with Crippen molar-refractivity contribution in [2.75, 3.05) is 0 Å². The Balaban J connectivity index is 5.10. The van der Waals surface area contributed by atoms with Crippen LogP contribution in [0.25, 0.3) is 0 Å². The van der Waals surface area contributed by atoms with Crippen LogP contribution in [0.15, 0.2) is 0 Å². The Hall–Kier alpha value is -2.69. The molecule has 0 radical (unpaired) electrons. The van der Waals surface area contributed by atoms with Crippen molar-refractivity contribution in [3.05, 3.63) is 0 Å². The highest BCUT2D eigenvalue weighted by atomic mass is 16.4. The second kappa shape index (κ2) is 13.6. The maximum Gasteiger partial charge on any atom is 0.326 e. The molecule has 11 nitrogen and oxygen atoms in total. The highest BCUT2D eigenvalue weighted by Gasteiger charge is 2.29. The van der Waals surface area contributed by atoms with Crippen LogP contribution in [0.4, 0.5) is 0 Å². The van der Waals surface area contributed by atoms with Crippen LogP contribution < -0.4 is 27.4 Å². The molecule has 0 aromatic heterocycles. The molecule has 0 aliphatic rings. The van der Waals surface area contributed by atoms with Gasteiger partial charge in [-0.25, -0.2) is 4.79 Å². The number of carbonyl (C=O) groups excluding carboxylic acids is 4. The van der Waals surface area contributed by atoms with E-state index in [1.54, 1.807) is 0 Å². The van der Waals surface area contributed by atoms with Gasteiger partial charge in [-0.2, -0.15) is 0 Å². The largest absolute Gasteiger partial charge is 0.480 e. The van der Waals surface area contributed by atoms with Crippen LogP contribution >= 0.6 is 0 Å². The lowest BCUT2D eigenvalue weighted by atomic mass is 9.97. The van der Waals surface area contributed by atoms with Crippen molar-refractivity contribution in [1.29, 1.82) is 0 Å². The van der Waals surface area contributed by atoms with Crippen LogP contribution in [0.1, 0.15) is 60.3 Å². The van der Waals surface area contributed by atoms with Gasteiger partial charge in [-0.3, -0.25) is 19.2 Å². The van der Waals surface area contributed by atoms with Gasteiger partial charge in [-0.15, -0.1) is 0 Å². The van der Waals surface area contributed by atoms with E-state index in [4.69, 9.17) is 11.5 Å². The molecule has 0 aromatic rings. The molecule has 0 saturated heterocycles. The van der Waals surface area contributed by atoms with Crippen LogP contribution in [-0.4, -0.2) is 58.9 Å². The smallest absolute Gasteiger partial charge is 0.326 e. The molecule has 0 aromatic carbocycles. The van der Waals surface area contributed by atoms with E-state index >= 15 is 0 Å². The fourth-order valence-corrected chi connectivity index (χ4v) is 2.70. The average Bonchev–Trinajstić information content (AvgIpc) is 2.67. The number of carboxylic acid groups (broad SMARTS) is 1. The summed E-state index contributed by atoms with van der Waals surface area (Å²) < 4.78 is 0. The zero-order valence-corrected chi connectivity index (χ0v) is 18.9. The number of rotatable bonds is 14. The zero-order valence-electron chi connectivity index (χ0n) is 18.9. The number of carbonyl (C=O) groups is 5. The quantitative estimate of drug-likeness (QED) is 0.203. The zero-order chi connectivity index (χ0) is 24.3. The molecule has 0 aliphatic carbocycles. The van der Waals surface area contributed by atoms with Gasteiger partial charge in [0.05, 0.1) is 6.04 Å². The van der Waals surface area contributed by atoms with Gasteiger partial charge in [-0.1, -0.05) is 34.1 Å². The Morgan fingerprint density at radius 1 is 0.871 bits per heavy atom. The minimum Gasteiger partial charge on any atom is -0.480 e. The van der Waals surface area contributed by atoms with Gasteiger partial charge in [0.25, 0.3) is 0 Å². The fourth-order valence-electron chi connectivity index (χ4n) is 2.70. The molecule has 0 saturated carbocycles. The van der Waals surface area contributed by atoms with E-state index in [2.05, 4.69) is 16.0 Å². The van der Waals surface area contributed by atoms with Crippen molar-refractivity contribution in [2.24, 2.45) is 23.3 Å². The standard InChI is InChI=1S/C20H37N5O6/c1-6-11(4)16(22)19(29)25-14(9-10(2)3)18(28)23-12(5)17(27)24-13(20(30)31)7-8-15(21)26/h10-14,16H,6-9,22H2,1-5H3,(H2,21,26)(H,23,28)(H,24,27)(H,25,29)(H,30,31). The molecule has 178 valence electrons. The molecular weight excluding hydrogens is 406 g/mol. The number of hydrogen-bond acceptors (Lipinski definition) is 6. The summed E-state index contributed by atoms with van der Waals surface area (Å²) in [4.78, 5) is 59.6. The van der Waals surface area contributed by atoms with Crippen molar-refractivity contribution in [1.82, 2.24) is 16.0 Å². The van der Waals surface area contributed by atoms with Crippen LogP contribution in [0.2, 0.25) is 0 Å². The Kier molecular flexibility index (Phi) is 12.4. The fraction of sp³-hybridized carbons (Fsp3) is 0.750. The van der Waals surface area contributed by atoms with E-state index in [1.165, 1.54) is 6.92 Å². The van der Waals surface area contributed by atoms with Gasteiger partial charge in [0.15, 0.2) is 0 Å². The molecule has 0 spiro atoms. The normalized spacial score (nSPS) is 15.8. The van der Waals surface area contributed by atoms with Crippen molar-refractivity contribution < 1.29 is 29.1 Å². The van der Waals surface area contributed by atoms with Gasteiger partial charge < -0.3 is 32.5 Å². The lowest BCUT2D eigenvalue weighted by Crippen LogP contribution is -2.57. The molecule has 5 atom stereocenters. The van der Waals surface area contributed by atoms with Crippen molar-refractivity contribution >= 4 is 29.6 Å². The summed E-state index contributed by atoms with van der Waals surface area (Å²) >= 11 is 0. The summed E-state index contributed by atoms with van der Waals surface area (Å²) in [6.07, 6.45) is 0.649. The van der Waals surface area contributed by atoms with Gasteiger partial charge in [0.1, 0.15) is 18.1 Å². The Morgan fingerprint density at radius 2 is 1.42 bits per heavy atom. The molecule has 0 aliphatic heterocycles. The molecule has 31 heavy (non-hydrogen) atoms. The second-order valence-electron chi connectivity index (χ2n) is 8.24. The molecule has 11 heteroatoms. The minimum absolute atomic E-state index is 0.0687. The Labute approximate surface area is 183 Å². The van der Waals surface area contributed by atoms with Crippen molar-refractivity contribution in [3.63, 3.8) is 0 Å². The first-order valence-corrected chi connectivity index (χ1v) is 10.5. The van der Waals surface area contributed by atoms with E-state index in [9.17, 15) is 29.1 Å². The van der Waals surface area contributed by atoms with E-state index in [0.29, 0.717) is 12.8 Å². The van der Waals surface area contributed by atoms with Gasteiger partial charge >= 0.3 is 5.97 Å². The number of nitrogens with two attached hydrogens (primary N) is 2. The first kappa shape index (κ1) is 28.3. The van der Waals surface area contributed by atoms with E-state index in [-0.39, 0.29) is 24.7 Å². The van der Waals surface area contributed by atoms with Gasteiger partial charge in [-0.05, 0) is 31.6 Å². The number of amides is 4. The summed E-state index contributed by atoms with van der Waals surface area (Å²) in [5.41, 5.74) is 11.0. The molecule has 4 amide bonds. The van der Waals surface area contributed by atoms with E-state index in [0.717, 1.165) is 0 Å². The maximum absolute atomic E-state index is 12.7. The molecule has 0 fully saturated rings. The van der Waals surface area contributed by atoms with E-state index in [1.807, 2.05) is 27.7 Å².